The smallest absolute Gasteiger partial charge is 0.0669 e. The number of alkyl halides is 1. The molecule has 0 saturated carbocycles. The Kier molecular flexibility index (Phi) is 4.73. The lowest BCUT2D eigenvalue weighted by Gasteiger charge is -2.16. The first-order valence-corrected chi connectivity index (χ1v) is 8.03. The van der Waals surface area contributed by atoms with Crippen molar-refractivity contribution in [3.8, 4) is 0 Å². The summed E-state index contributed by atoms with van der Waals surface area (Å²) in [5.74, 6) is 0. The summed E-state index contributed by atoms with van der Waals surface area (Å²) < 4.78 is 1.24. The predicted octanol–water partition coefficient (Wildman–Crippen LogP) is 6.05. The van der Waals surface area contributed by atoms with Crippen LogP contribution in [0.4, 0.5) is 0 Å². The number of aryl methyl sites for hydroxylation is 2. The number of halogens is 3. The molecule has 0 amide bonds. The second-order valence-electron chi connectivity index (χ2n) is 4.34. The lowest BCUT2D eigenvalue weighted by atomic mass is 10.0. The van der Waals surface area contributed by atoms with Gasteiger partial charge in [0.05, 0.1) is 4.83 Å². The third-order valence-corrected chi connectivity index (χ3v) is 5.36. The van der Waals surface area contributed by atoms with Gasteiger partial charge >= 0.3 is 0 Å². The third kappa shape index (κ3) is 2.91. The molecule has 0 heterocycles. The van der Waals surface area contributed by atoms with Crippen LogP contribution in [0.15, 0.2) is 36.4 Å². The summed E-state index contributed by atoms with van der Waals surface area (Å²) >= 11 is 12.5. The van der Waals surface area contributed by atoms with Crippen LogP contribution in [-0.4, -0.2) is 0 Å². The Labute approximate surface area is 135 Å². The van der Waals surface area contributed by atoms with Gasteiger partial charge in [0.1, 0.15) is 0 Å². The van der Waals surface area contributed by atoms with E-state index in [2.05, 4.69) is 76.6 Å². The van der Waals surface area contributed by atoms with E-state index in [9.17, 15) is 0 Å². The van der Waals surface area contributed by atoms with Crippen molar-refractivity contribution in [2.24, 2.45) is 0 Å². The van der Waals surface area contributed by atoms with Gasteiger partial charge in [-0.3, -0.25) is 0 Å². The van der Waals surface area contributed by atoms with E-state index in [0.717, 1.165) is 10.6 Å². The Bertz CT molecular complexity index is 581. The molecule has 0 spiro atoms. The van der Waals surface area contributed by atoms with Gasteiger partial charge in [0.25, 0.3) is 0 Å². The van der Waals surface area contributed by atoms with Crippen LogP contribution < -0.4 is 0 Å². The average molecular weight is 436 g/mol. The second-order valence-corrected chi connectivity index (χ2v) is 6.83. The van der Waals surface area contributed by atoms with Crippen molar-refractivity contribution in [1.82, 2.24) is 0 Å². The van der Waals surface area contributed by atoms with Crippen LogP contribution in [0.25, 0.3) is 0 Å². The maximum atomic E-state index is 6.37. The Morgan fingerprint density at radius 2 is 1.67 bits per heavy atom. The zero-order chi connectivity index (χ0) is 13.3. The van der Waals surface area contributed by atoms with Crippen LogP contribution >= 0.6 is 50.1 Å². The zero-order valence-electron chi connectivity index (χ0n) is 10.2. The molecule has 1 unspecified atom stereocenters. The summed E-state index contributed by atoms with van der Waals surface area (Å²) in [5.41, 5.74) is 4.88. The van der Waals surface area contributed by atoms with E-state index < -0.39 is 0 Å². The summed E-state index contributed by atoms with van der Waals surface area (Å²) in [4.78, 5) is 0.136. The van der Waals surface area contributed by atoms with Gasteiger partial charge in [-0.2, -0.15) is 0 Å². The molecule has 1 atom stereocenters. The SMILES string of the molecule is Cc1cc(Cl)c(C(Br)c2ccccc2I)cc1C. The Morgan fingerprint density at radius 1 is 1.06 bits per heavy atom. The standard InChI is InChI=1S/C15H13BrClI/c1-9-7-12(13(17)8-10(9)2)15(16)11-5-3-4-6-14(11)18/h3-8,15H,1-2H3. The van der Waals surface area contributed by atoms with E-state index in [1.165, 1.54) is 20.3 Å². The van der Waals surface area contributed by atoms with Crippen molar-refractivity contribution in [1.29, 1.82) is 0 Å². The van der Waals surface area contributed by atoms with Gasteiger partial charge in [-0.25, -0.2) is 0 Å². The summed E-state index contributed by atoms with van der Waals surface area (Å²) in [7, 11) is 0. The van der Waals surface area contributed by atoms with Gasteiger partial charge in [0, 0.05) is 8.59 Å². The topological polar surface area (TPSA) is 0 Å². The van der Waals surface area contributed by atoms with Crippen molar-refractivity contribution in [3.05, 3.63) is 67.2 Å². The van der Waals surface area contributed by atoms with Gasteiger partial charge in [-0.05, 0) is 70.8 Å². The van der Waals surface area contributed by atoms with Gasteiger partial charge < -0.3 is 0 Å². The van der Waals surface area contributed by atoms with Crippen LogP contribution in [0.2, 0.25) is 5.02 Å². The highest BCUT2D eigenvalue weighted by Crippen LogP contribution is 2.38. The van der Waals surface area contributed by atoms with Crippen LogP contribution in [-0.2, 0) is 0 Å². The Hall–Kier alpha value is -0.0600. The van der Waals surface area contributed by atoms with E-state index in [0.29, 0.717) is 0 Å². The third-order valence-electron chi connectivity index (χ3n) is 3.06. The molecule has 0 saturated heterocycles. The van der Waals surface area contributed by atoms with E-state index in [1.807, 2.05) is 12.1 Å². The maximum absolute atomic E-state index is 6.37. The normalized spacial score (nSPS) is 12.5. The monoisotopic (exact) mass is 434 g/mol. The van der Waals surface area contributed by atoms with Gasteiger partial charge in [-0.15, -0.1) is 0 Å². The predicted molar refractivity (Wildman–Crippen MR) is 90.9 cm³/mol. The van der Waals surface area contributed by atoms with Crippen LogP contribution in [0, 0.1) is 17.4 Å². The summed E-state index contributed by atoms with van der Waals surface area (Å²) in [6.45, 7) is 4.20. The highest BCUT2D eigenvalue weighted by atomic mass is 127. The lowest BCUT2D eigenvalue weighted by Crippen LogP contribution is -1.98. The lowest BCUT2D eigenvalue weighted by molar-refractivity contribution is 1.14. The highest BCUT2D eigenvalue weighted by Gasteiger charge is 2.16. The molecule has 0 aliphatic carbocycles. The molecule has 0 aliphatic heterocycles. The molecule has 0 aromatic heterocycles. The summed E-state index contributed by atoms with van der Waals surface area (Å²) in [5, 5.41) is 0.819. The molecule has 0 bridgehead atoms. The van der Waals surface area contributed by atoms with Crippen molar-refractivity contribution >= 4 is 50.1 Å². The maximum Gasteiger partial charge on any atom is 0.0669 e. The first-order valence-electron chi connectivity index (χ1n) is 5.66. The zero-order valence-corrected chi connectivity index (χ0v) is 14.7. The average Bonchev–Trinajstić information content (AvgIpc) is 2.33. The van der Waals surface area contributed by atoms with Gasteiger partial charge in [0.15, 0.2) is 0 Å². The molecule has 0 radical (unpaired) electrons. The number of hydrogen-bond acceptors (Lipinski definition) is 0. The quantitative estimate of drug-likeness (QED) is 0.398. The number of hydrogen-bond donors (Lipinski definition) is 0. The van der Waals surface area contributed by atoms with E-state index in [4.69, 9.17) is 11.6 Å². The Morgan fingerprint density at radius 3 is 2.33 bits per heavy atom. The molecule has 3 heteroatoms. The fourth-order valence-corrected chi connectivity index (χ4v) is 4.21. The molecule has 94 valence electrons. The molecule has 2 aromatic rings. The molecule has 18 heavy (non-hydrogen) atoms. The van der Waals surface area contributed by atoms with Crippen molar-refractivity contribution in [2.75, 3.05) is 0 Å². The largest absolute Gasteiger partial charge is 0.0840 e. The van der Waals surface area contributed by atoms with Gasteiger partial charge in [0.2, 0.25) is 0 Å². The number of rotatable bonds is 2. The molecular weight excluding hydrogens is 422 g/mol. The fraction of sp³-hybridized carbons (Fsp3) is 0.200. The molecule has 2 rings (SSSR count). The molecule has 0 aliphatic rings. The van der Waals surface area contributed by atoms with Crippen molar-refractivity contribution < 1.29 is 0 Å². The molecule has 2 aromatic carbocycles. The minimum Gasteiger partial charge on any atom is -0.0840 e. The van der Waals surface area contributed by atoms with E-state index >= 15 is 0 Å². The van der Waals surface area contributed by atoms with E-state index in [1.54, 1.807) is 0 Å². The Balaban J connectivity index is 2.50. The summed E-state index contributed by atoms with van der Waals surface area (Å²) in [6, 6.07) is 12.6. The second kappa shape index (κ2) is 5.93. The molecule has 0 fully saturated rings. The van der Waals surface area contributed by atoms with Crippen LogP contribution in [0.5, 0.6) is 0 Å². The minimum absolute atomic E-state index is 0.136. The molecule has 0 nitrogen and oxygen atoms in total. The van der Waals surface area contributed by atoms with Crippen molar-refractivity contribution in [3.63, 3.8) is 0 Å². The first-order chi connectivity index (χ1) is 8.50. The van der Waals surface area contributed by atoms with Gasteiger partial charge in [-0.1, -0.05) is 51.8 Å². The fourth-order valence-electron chi connectivity index (χ4n) is 1.85. The van der Waals surface area contributed by atoms with Crippen LogP contribution in [0.3, 0.4) is 0 Å². The highest BCUT2D eigenvalue weighted by molar-refractivity contribution is 14.1. The number of benzene rings is 2. The molecule has 0 N–H and O–H groups in total. The van der Waals surface area contributed by atoms with Crippen LogP contribution in [0.1, 0.15) is 27.1 Å². The molecular formula is C15H13BrClI. The first kappa shape index (κ1) is 14.4. The van der Waals surface area contributed by atoms with Crippen molar-refractivity contribution in [2.45, 2.75) is 18.7 Å². The van der Waals surface area contributed by atoms with E-state index in [-0.39, 0.29) is 4.83 Å². The summed E-state index contributed by atoms with van der Waals surface area (Å²) in [6.07, 6.45) is 0. The minimum atomic E-state index is 0.136.